The maximum Gasteiger partial charge on any atom is 0.258 e. The Morgan fingerprint density at radius 3 is 2.90 bits per heavy atom. The average molecular weight is 273 g/mol. The van der Waals surface area contributed by atoms with Crippen LogP contribution in [0, 0.1) is 0 Å². The van der Waals surface area contributed by atoms with Crippen molar-refractivity contribution in [3.8, 4) is 0 Å². The van der Waals surface area contributed by atoms with Crippen molar-refractivity contribution in [3.63, 3.8) is 0 Å². The number of aromatic amines is 1. The third kappa shape index (κ3) is 2.73. The van der Waals surface area contributed by atoms with Crippen LogP contribution in [0.1, 0.15) is 25.6 Å². The summed E-state index contributed by atoms with van der Waals surface area (Å²) in [4.78, 5) is 19.3. The summed E-state index contributed by atoms with van der Waals surface area (Å²) in [5.41, 5.74) is 0.720. The molecule has 5 heteroatoms. The predicted octanol–water partition coefficient (Wildman–Crippen LogP) is 1.58. The van der Waals surface area contributed by atoms with Crippen molar-refractivity contribution >= 4 is 10.9 Å². The van der Waals surface area contributed by atoms with E-state index in [4.69, 9.17) is 4.74 Å². The number of fused-ring (bicyclic) bond motifs is 1. The zero-order valence-corrected chi connectivity index (χ0v) is 11.6. The normalized spacial score (nSPS) is 18.2. The monoisotopic (exact) mass is 273 g/mol. The van der Waals surface area contributed by atoms with E-state index in [1.54, 1.807) is 6.07 Å². The molecule has 0 radical (unpaired) electrons. The fourth-order valence-corrected chi connectivity index (χ4v) is 2.51. The van der Waals surface area contributed by atoms with Crippen LogP contribution in [0.3, 0.4) is 0 Å². The van der Waals surface area contributed by atoms with E-state index in [1.807, 2.05) is 18.2 Å². The van der Waals surface area contributed by atoms with E-state index in [2.05, 4.69) is 22.2 Å². The van der Waals surface area contributed by atoms with Gasteiger partial charge in [-0.05, 0) is 31.9 Å². The van der Waals surface area contributed by atoms with Gasteiger partial charge in [0.05, 0.1) is 17.4 Å². The Kier molecular flexibility index (Phi) is 3.54. The van der Waals surface area contributed by atoms with Gasteiger partial charge in [0.15, 0.2) is 0 Å². The third-order valence-electron chi connectivity index (χ3n) is 3.94. The van der Waals surface area contributed by atoms with Crippen LogP contribution in [-0.2, 0) is 11.3 Å². The molecule has 1 aliphatic heterocycles. The number of hydrogen-bond donors (Lipinski definition) is 2. The molecule has 20 heavy (non-hydrogen) atoms. The fourth-order valence-electron chi connectivity index (χ4n) is 2.51. The Morgan fingerprint density at radius 1 is 1.35 bits per heavy atom. The molecule has 1 saturated heterocycles. The van der Waals surface area contributed by atoms with E-state index in [0.29, 0.717) is 17.8 Å². The first kappa shape index (κ1) is 13.3. The molecule has 1 aliphatic rings. The van der Waals surface area contributed by atoms with Crippen LogP contribution in [0.15, 0.2) is 29.1 Å². The van der Waals surface area contributed by atoms with E-state index in [9.17, 15) is 4.79 Å². The lowest BCUT2D eigenvalue weighted by molar-refractivity contribution is 0.0443. The minimum atomic E-state index is -0.0791. The summed E-state index contributed by atoms with van der Waals surface area (Å²) in [7, 11) is 0. The molecule has 2 heterocycles. The van der Waals surface area contributed by atoms with E-state index < -0.39 is 0 Å². The van der Waals surface area contributed by atoms with Crippen molar-refractivity contribution < 1.29 is 4.74 Å². The standard InChI is InChI=1S/C15H19N3O2/c1-15(6-8-20-9-7-15)16-10-13-17-12-5-3-2-4-11(12)14(19)18-13/h2-5,16H,6-10H2,1H3,(H,17,18,19). The summed E-state index contributed by atoms with van der Waals surface area (Å²) in [5, 5.41) is 4.13. The van der Waals surface area contributed by atoms with Crippen LogP contribution in [0.2, 0.25) is 0 Å². The minimum absolute atomic E-state index is 0.0580. The Hall–Kier alpha value is -1.72. The van der Waals surface area contributed by atoms with E-state index >= 15 is 0 Å². The highest BCUT2D eigenvalue weighted by Gasteiger charge is 2.26. The summed E-state index contributed by atoms with van der Waals surface area (Å²) in [6, 6.07) is 7.40. The van der Waals surface area contributed by atoms with Crippen molar-refractivity contribution in [3.05, 3.63) is 40.4 Å². The first-order chi connectivity index (χ1) is 9.66. The van der Waals surface area contributed by atoms with Gasteiger partial charge in [-0.15, -0.1) is 0 Å². The highest BCUT2D eigenvalue weighted by atomic mass is 16.5. The molecule has 1 fully saturated rings. The first-order valence-electron chi connectivity index (χ1n) is 6.97. The molecule has 2 aromatic rings. The van der Waals surface area contributed by atoms with E-state index in [0.717, 1.165) is 31.6 Å². The number of aromatic nitrogens is 2. The number of H-pyrrole nitrogens is 1. The van der Waals surface area contributed by atoms with Gasteiger partial charge in [-0.3, -0.25) is 4.79 Å². The van der Waals surface area contributed by atoms with Gasteiger partial charge < -0.3 is 15.0 Å². The second-order valence-corrected chi connectivity index (χ2v) is 5.56. The molecular formula is C15H19N3O2. The molecule has 1 aromatic heterocycles. The van der Waals surface area contributed by atoms with E-state index in [-0.39, 0.29) is 11.1 Å². The maximum atomic E-state index is 12.0. The Morgan fingerprint density at radius 2 is 2.10 bits per heavy atom. The van der Waals surface area contributed by atoms with Crippen LogP contribution in [-0.4, -0.2) is 28.7 Å². The number of nitrogens with one attached hydrogen (secondary N) is 2. The number of para-hydroxylation sites is 1. The highest BCUT2D eigenvalue weighted by molar-refractivity contribution is 5.77. The predicted molar refractivity (Wildman–Crippen MR) is 77.7 cm³/mol. The van der Waals surface area contributed by atoms with Crippen molar-refractivity contribution in [2.75, 3.05) is 13.2 Å². The summed E-state index contributed by atoms with van der Waals surface area (Å²) in [5.74, 6) is 0.682. The molecule has 0 unspecified atom stereocenters. The number of nitrogens with zero attached hydrogens (tertiary/aromatic N) is 1. The highest BCUT2D eigenvalue weighted by Crippen LogP contribution is 2.19. The Bertz CT molecular complexity index is 659. The number of benzene rings is 1. The number of rotatable bonds is 3. The fraction of sp³-hybridized carbons (Fsp3) is 0.467. The van der Waals surface area contributed by atoms with Gasteiger partial charge >= 0.3 is 0 Å². The van der Waals surface area contributed by atoms with Crippen LogP contribution in [0.25, 0.3) is 10.9 Å². The van der Waals surface area contributed by atoms with Gasteiger partial charge in [0.1, 0.15) is 5.82 Å². The van der Waals surface area contributed by atoms with Gasteiger partial charge in [-0.2, -0.15) is 0 Å². The summed E-state index contributed by atoms with van der Waals surface area (Å²) in [6.07, 6.45) is 1.95. The van der Waals surface area contributed by atoms with Gasteiger partial charge in [-0.1, -0.05) is 12.1 Å². The van der Waals surface area contributed by atoms with Crippen LogP contribution in [0.4, 0.5) is 0 Å². The molecule has 0 bridgehead atoms. The molecule has 0 aliphatic carbocycles. The zero-order chi connectivity index (χ0) is 14.0. The second kappa shape index (κ2) is 5.34. The SMILES string of the molecule is CC1(NCc2nc3ccccc3c(=O)[nH]2)CCOCC1. The Balaban J connectivity index is 1.79. The van der Waals surface area contributed by atoms with Gasteiger partial charge in [0, 0.05) is 18.8 Å². The second-order valence-electron chi connectivity index (χ2n) is 5.56. The molecule has 5 nitrogen and oxygen atoms in total. The average Bonchev–Trinajstić information content (AvgIpc) is 2.46. The lowest BCUT2D eigenvalue weighted by atomic mass is 9.92. The molecule has 0 saturated carbocycles. The quantitative estimate of drug-likeness (QED) is 0.891. The van der Waals surface area contributed by atoms with Crippen LogP contribution >= 0.6 is 0 Å². The third-order valence-corrected chi connectivity index (χ3v) is 3.94. The number of ether oxygens (including phenoxy) is 1. The van der Waals surface area contributed by atoms with Crippen molar-refractivity contribution in [1.82, 2.24) is 15.3 Å². The van der Waals surface area contributed by atoms with Crippen LogP contribution in [0.5, 0.6) is 0 Å². The summed E-state index contributed by atoms with van der Waals surface area (Å²) in [6.45, 7) is 4.32. The smallest absolute Gasteiger partial charge is 0.258 e. The number of hydrogen-bond acceptors (Lipinski definition) is 4. The molecule has 3 rings (SSSR count). The van der Waals surface area contributed by atoms with Crippen molar-refractivity contribution in [2.45, 2.75) is 31.8 Å². The zero-order valence-electron chi connectivity index (χ0n) is 11.6. The molecule has 106 valence electrons. The summed E-state index contributed by atoms with van der Waals surface area (Å²) < 4.78 is 5.38. The first-order valence-corrected chi connectivity index (χ1v) is 6.97. The topological polar surface area (TPSA) is 67.0 Å². The van der Waals surface area contributed by atoms with Crippen molar-refractivity contribution in [1.29, 1.82) is 0 Å². The Labute approximate surface area is 117 Å². The molecule has 2 N–H and O–H groups in total. The lowest BCUT2D eigenvalue weighted by Crippen LogP contribution is -2.46. The van der Waals surface area contributed by atoms with Crippen molar-refractivity contribution in [2.24, 2.45) is 0 Å². The lowest BCUT2D eigenvalue weighted by Gasteiger charge is -2.34. The summed E-state index contributed by atoms with van der Waals surface area (Å²) >= 11 is 0. The van der Waals surface area contributed by atoms with Crippen LogP contribution < -0.4 is 10.9 Å². The molecule has 0 amide bonds. The molecule has 0 atom stereocenters. The maximum absolute atomic E-state index is 12.0. The van der Waals surface area contributed by atoms with Gasteiger partial charge in [-0.25, -0.2) is 4.98 Å². The van der Waals surface area contributed by atoms with Gasteiger partial charge in [0.2, 0.25) is 0 Å². The molecule has 1 aromatic carbocycles. The minimum Gasteiger partial charge on any atom is -0.381 e. The molecular weight excluding hydrogens is 254 g/mol. The van der Waals surface area contributed by atoms with Gasteiger partial charge in [0.25, 0.3) is 5.56 Å². The largest absolute Gasteiger partial charge is 0.381 e. The molecule has 0 spiro atoms. The van der Waals surface area contributed by atoms with E-state index in [1.165, 1.54) is 0 Å².